The lowest BCUT2D eigenvalue weighted by molar-refractivity contribution is -0.116. The van der Waals surface area contributed by atoms with Crippen LogP contribution >= 0.6 is 0 Å². The third-order valence-electron chi connectivity index (χ3n) is 3.90. The summed E-state index contributed by atoms with van der Waals surface area (Å²) in [6, 6.07) is 16.3. The number of carbonyl (C=O) groups is 2. The number of ether oxygens (including phenoxy) is 1. The molecule has 26 heavy (non-hydrogen) atoms. The third-order valence-corrected chi connectivity index (χ3v) is 3.90. The predicted molar refractivity (Wildman–Crippen MR) is 100 cm³/mol. The second-order valence-corrected chi connectivity index (χ2v) is 5.64. The van der Waals surface area contributed by atoms with Gasteiger partial charge in [0.15, 0.2) is 0 Å². The van der Waals surface area contributed by atoms with E-state index in [4.69, 9.17) is 4.74 Å². The Morgan fingerprint density at radius 1 is 1.04 bits per heavy atom. The van der Waals surface area contributed by atoms with Crippen molar-refractivity contribution >= 4 is 28.4 Å². The van der Waals surface area contributed by atoms with Crippen molar-refractivity contribution in [3.63, 3.8) is 0 Å². The van der Waals surface area contributed by atoms with E-state index >= 15 is 0 Å². The van der Waals surface area contributed by atoms with Crippen molar-refractivity contribution in [3.8, 4) is 5.75 Å². The minimum atomic E-state index is -0.276. The molecule has 0 unspecified atom stereocenters. The fraction of sp³-hybridized carbons (Fsp3) is 0.150. The number of fused-ring (bicyclic) bond motifs is 1. The smallest absolute Gasteiger partial charge is 0.255 e. The van der Waals surface area contributed by atoms with Gasteiger partial charge in [-0.15, -0.1) is 0 Å². The van der Waals surface area contributed by atoms with Crippen molar-refractivity contribution in [3.05, 3.63) is 66.4 Å². The maximum atomic E-state index is 12.2. The molecule has 2 amide bonds. The van der Waals surface area contributed by atoms with Gasteiger partial charge < -0.3 is 15.4 Å². The molecule has 0 saturated heterocycles. The zero-order valence-corrected chi connectivity index (χ0v) is 14.4. The molecule has 6 nitrogen and oxygen atoms in total. The van der Waals surface area contributed by atoms with Crippen LogP contribution in [-0.4, -0.2) is 30.5 Å². The number of aromatic nitrogens is 1. The molecule has 3 aromatic rings. The molecule has 1 heterocycles. The average molecular weight is 349 g/mol. The van der Waals surface area contributed by atoms with Crippen molar-refractivity contribution in [1.29, 1.82) is 0 Å². The number of methoxy groups -OCH3 is 1. The predicted octanol–water partition coefficient (Wildman–Crippen LogP) is 3.00. The zero-order valence-electron chi connectivity index (χ0n) is 14.4. The van der Waals surface area contributed by atoms with E-state index in [9.17, 15) is 9.59 Å². The van der Waals surface area contributed by atoms with Gasteiger partial charge in [0, 0.05) is 24.5 Å². The standard InChI is InChI=1S/C20H19N3O3/c1-26-17-10-3-2-8-15(17)20(25)22-13-11-18(24)23-16-9-4-6-14-7-5-12-21-19(14)16/h2-10,12H,11,13H2,1H3,(H,22,25)(H,23,24). The van der Waals surface area contributed by atoms with Crippen molar-refractivity contribution in [2.45, 2.75) is 6.42 Å². The fourth-order valence-electron chi connectivity index (χ4n) is 2.63. The summed E-state index contributed by atoms with van der Waals surface area (Å²) in [5.41, 5.74) is 1.83. The average Bonchev–Trinajstić information content (AvgIpc) is 2.68. The normalized spacial score (nSPS) is 10.3. The van der Waals surface area contributed by atoms with Crippen molar-refractivity contribution in [2.75, 3.05) is 19.0 Å². The molecule has 2 N–H and O–H groups in total. The lowest BCUT2D eigenvalue weighted by Crippen LogP contribution is -2.28. The first-order chi connectivity index (χ1) is 12.7. The molecule has 0 radical (unpaired) electrons. The number of amides is 2. The first-order valence-corrected chi connectivity index (χ1v) is 8.24. The van der Waals surface area contributed by atoms with Crippen LogP contribution in [0.25, 0.3) is 10.9 Å². The number of nitrogens with one attached hydrogen (secondary N) is 2. The summed E-state index contributed by atoms with van der Waals surface area (Å²) in [5.74, 6) is 0.0295. The maximum absolute atomic E-state index is 12.2. The molecule has 0 fully saturated rings. The summed E-state index contributed by atoms with van der Waals surface area (Å²) < 4.78 is 5.17. The van der Waals surface area contributed by atoms with E-state index in [1.165, 1.54) is 7.11 Å². The van der Waals surface area contributed by atoms with E-state index in [1.807, 2.05) is 24.3 Å². The topological polar surface area (TPSA) is 80.3 Å². The van der Waals surface area contributed by atoms with Crippen molar-refractivity contribution in [1.82, 2.24) is 10.3 Å². The molecule has 0 aliphatic carbocycles. The van der Waals surface area contributed by atoms with Crippen LogP contribution in [0.4, 0.5) is 5.69 Å². The van der Waals surface area contributed by atoms with Gasteiger partial charge in [0.25, 0.3) is 5.91 Å². The number of nitrogens with zero attached hydrogens (tertiary/aromatic N) is 1. The van der Waals surface area contributed by atoms with Gasteiger partial charge in [-0.1, -0.05) is 30.3 Å². The number of anilines is 1. The Kier molecular flexibility index (Phi) is 5.43. The number of carbonyl (C=O) groups excluding carboxylic acids is 2. The van der Waals surface area contributed by atoms with Gasteiger partial charge in [0.05, 0.1) is 23.9 Å². The highest BCUT2D eigenvalue weighted by Crippen LogP contribution is 2.20. The number of rotatable bonds is 6. The maximum Gasteiger partial charge on any atom is 0.255 e. The summed E-state index contributed by atoms with van der Waals surface area (Å²) in [6.45, 7) is 0.223. The minimum Gasteiger partial charge on any atom is -0.496 e. The van der Waals surface area contributed by atoms with Gasteiger partial charge in [-0.25, -0.2) is 0 Å². The molecule has 132 valence electrons. The molecule has 0 saturated carbocycles. The van der Waals surface area contributed by atoms with Crippen LogP contribution in [-0.2, 0) is 4.79 Å². The molecular formula is C20H19N3O3. The van der Waals surface area contributed by atoms with E-state index in [0.717, 1.165) is 10.9 Å². The van der Waals surface area contributed by atoms with E-state index in [-0.39, 0.29) is 24.8 Å². The molecule has 0 bridgehead atoms. The first kappa shape index (κ1) is 17.4. The second kappa shape index (κ2) is 8.11. The molecule has 0 spiro atoms. The summed E-state index contributed by atoms with van der Waals surface area (Å²) in [5, 5.41) is 6.53. The minimum absolute atomic E-state index is 0.157. The van der Waals surface area contributed by atoms with Crippen molar-refractivity contribution < 1.29 is 14.3 Å². The van der Waals surface area contributed by atoms with Crippen LogP contribution in [0.1, 0.15) is 16.8 Å². The quantitative estimate of drug-likeness (QED) is 0.717. The molecule has 2 aromatic carbocycles. The lowest BCUT2D eigenvalue weighted by Gasteiger charge is -2.10. The number of hydrogen-bond acceptors (Lipinski definition) is 4. The molecule has 3 rings (SSSR count). The van der Waals surface area contributed by atoms with Crippen LogP contribution in [0.2, 0.25) is 0 Å². The van der Waals surface area contributed by atoms with E-state index in [1.54, 1.807) is 36.5 Å². The van der Waals surface area contributed by atoms with Crippen LogP contribution in [0.3, 0.4) is 0 Å². The summed E-state index contributed by atoms with van der Waals surface area (Å²) >= 11 is 0. The molecule has 0 aliphatic rings. The van der Waals surface area contributed by atoms with Gasteiger partial charge >= 0.3 is 0 Å². The Morgan fingerprint density at radius 2 is 1.85 bits per heavy atom. The van der Waals surface area contributed by atoms with Gasteiger partial charge in [0.2, 0.25) is 5.91 Å². The number of benzene rings is 2. The highest BCUT2D eigenvalue weighted by atomic mass is 16.5. The van der Waals surface area contributed by atoms with Gasteiger partial charge in [0.1, 0.15) is 5.75 Å². The molecule has 0 aliphatic heterocycles. The van der Waals surface area contributed by atoms with Gasteiger partial charge in [-0.05, 0) is 24.3 Å². The molecule has 6 heteroatoms. The SMILES string of the molecule is COc1ccccc1C(=O)NCCC(=O)Nc1cccc2cccnc12. The van der Waals surface area contributed by atoms with Crippen LogP contribution in [0.15, 0.2) is 60.8 Å². The largest absolute Gasteiger partial charge is 0.496 e. The third kappa shape index (κ3) is 3.97. The summed E-state index contributed by atoms with van der Waals surface area (Å²) in [7, 11) is 1.51. The van der Waals surface area contributed by atoms with E-state index in [0.29, 0.717) is 17.0 Å². The van der Waals surface area contributed by atoms with E-state index in [2.05, 4.69) is 15.6 Å². The number of hydrogen-bond donors (Lipinski definition) is 2. The Balaban J connectivity index is 1.57. The monoisotopic (exact) mass is 349 g/mol. The highest BCUT2D eigenvalue weighted by Gasteiger charge is 2.12. The number of pyridine rings is 1. The van der Waals surface area contributed by atoms with Crippen LogP contribution in [0.5, 0.6) is 5.75 Å². The molecule has 0 atom stereocenters. The fourth-order valence-corrected chi connectivity index (χ4v) is 2.63. The first-order valence-electron chi connectivity index (χ1n) is 8.24. The zero-order chi connectivity index (χ0) is 18.4. The molecular weight excluding hydrogens is 330 g/mol. The van der Waals surface area contributed by atoms with Crippen molar-refractivity contribution in [2.24, 2.45) is 0 Å². The van der Waals surface area contributed by atoms with Crippen LogP contribution < -0.4 is 15.4 Å². The molecule has 1 aromatic heterocycles. The number of para-hydroxylation sites is 2. The highest BCUT2D eigenvalue weighted by molar-refractivity contribution is 6.01. The Morgan fingerprint density at radius 3 is 2.69 bits per heavy atom. The Hall–Kier alpha value is -3.41. The van der Waals surface area contributed by atoms with Crippen LogP contribution in [0, 0.1) is 0 Å². The summed E-state index contributed by atoms with van der Waals surface area (Å²) in [6.07, 6.45) is 1.84. The van der Waals surface area contributed by atoms with Gasteiger partial charge in [-0.3, -0.25) is 14.6 Å². The lowest BCUT2D eigenvalue weighted by atomic mass is 10.2. The van der Waals surface area contributed by atoms with Gasteiger partial charge in [-0.2, -0.15) is 0 Å². The Bertz CT molecular complexity index is 935. The van der Waals surface area contributed by atoms with E-state index < -0.39 is 0 Å². The summed E-state index contributed by atoms with van der Waals surface area (Å²) in [4.78, 5) is 28.7. The second-order valence-electron chi connectivity index (χ2n) is 5.64. The Labute approximate surface area is 151 Å².